The summed E-state index contributed by atoms with van der Waals surface area (Å²) in [5.74, 6) is -0.0712. The van der Waals surface area contributed by atoms with Crippen molar-refractivity contribution in [3.8, 4) is 0 Å². The van der Waals surface area contributed by atoms with Crippen LogP contribution < -0.4 is 10.6 Å². The van der Waals surface area contributed by atoms with Gasteiger partial charge in [0.1, 0.15) is 10.8 Å². The van der Waals surface area contributed by atoms with E-state index in [1.54, 1.807) is 6.07 Å². The Labute approximate surface area is 182 Å². The molecule has 1 aromatic heterocycles. The number of ether oxygens (including phenoxy) is 1. The van der Waals surface area contributed by atoms with Crippen molar-refractivity contribution in [1.82, 2.24) is 20.4 Å². The third-order valence-corrected chi connectivity index (χ3v) is 6.33. The van der Waals surface area contributed by atoms with Gasteiger partial charge in [-0.3, -0.25) is 14.5 Å². The van der Waals surface area contributed by atoms with Gasteiger partial charge in [-0.05, 0) is 31.2 Å². The monoisotopic (exact) mass is 453 g/mol. The molecule has 1 saturated heterocycles. The van der Waals surface area contributed by atoms with E-state index in [0.717, 1.165) is 50.6 Å². The molecule has 11 heteroatoms. The Hall–Kier alpha value is -2.08. The second kappa shape index (κ2) is 11.9. The Morgan fingerprint density at radius 3 is 2.90 bits per heavy atom. The molecule has 0 radical (unpaired) electrons. The summed E-state index contributed by atoms with van der Waals surface area (Å²) < 4.78 is 18.5. The number of aromatic nitrogens is 2. The minimum atomic E-state index is -0.438. The van der Waals surface area contributed by atoms with E-state index in [0.29, 0.717) is 28.7 Å². The molecule has 1 aromatic carbocycles. The van der Waals surface area contributed by atoms with Gasteiger partial charge in [-0.25, -0.2) is 4.39 Å². The second-order valence-corrected chi connectivity index (χ2v) is 8.66. The average Bonchev–Trinajstić information content (AvgIpc) is 3.21. The lowest BCUT2D eigenvalue weighted by atomic mass is 10.3. The van der Waals surface area contributed by atoms with Crippen molar-refractivity contribution in [2.24, 2.45) is 0 Å². The smallest absolute Gasteiger partial charge is 0.286 e. The zero-order valence-electron chi connectivity index (χ0n) is 16.4. The second-order valence-electron chi connectivity index (χ2n) is 6.62. The van der Waals surface area contributed by atoms with Gasteiger partial charge in [-0.2, -0.15) is 0 Å². The first-order chi connectivity index (χ1) is 14.6. The standard InChI is InChI=1S/C19H24FN5O3S2/c20-14-3-1-4-15(11-14)22-18(27)19-24-23-17(30-19)13-29-12-16(26)21-5-2-6-25-7-9-28-10-8-25/h1,3-4,11H,2,5-10,12-13H2,(H,21,26)(H,22,27). The van der Waals surface area contributed by atoms with E-state index in [1.165, 1.54) is 30.0 Å². The van der Waals surface area contributed by atoms with E-state index in [9.17, 15) is 14.0 Å². The highest BCUT2D eigenvalue weighted by Crippen LogP contribution is 2.18. The highest BCUT2D eigenvalue weighted by Gasteiger charge is 2.14. The summed E-state index contributed by atoms with van der Waals surface area (Å²) in [6, 6.07) is 5.64. The highest BCUT2D eigenvalue weighted by atomic mass is 32.2. The maximum absolute atomic E-state index is 13.2. The number of nitrogens with one attached hydrogen (secondary N) is 2. The number of rotatable bonds is 10. The fraction of sp³-hybridized carbons (Fsp3) is 0.474. The van der Waals surface area contributed by atoms with Gasteiger partial charge in [0, 0.05) is 31.1 Å². The zero-order valence-corrected chi connectivity index (χ0v) is 18.1. The van der Waals surface area contributed by atoms with E-state index in [1.807, 2.05) is 0 Å². The number of nitrogens with zero attached hydrogens (tertiary/aromatic N) is 3. The molecular formula is C19H24FN5O3S2. The third kappa shape index (κ3) is 7.63. The maximum atomic E-state index is 13.2. The van der Waals surface area contributed by atoms with Crippen LogP contribution in [-0.4, -0.2) is 72.1 Å². The van der Waals surface area contributed by atoms with Crippen LogP contribution in [0.15, 0.2) is 24.3 Å². The summed E-state index contributed by atoms with van der Waals surface area (Å²) in [5.41, 5.74) is 0.358. The Kier molecular flexibility index (Phi) is 9.00. The molecule has 1 aliphatic heterocycles. The summed E-state index contributed by atoms with van der Waals surface area (Å²) in [7, 11) is 0. The van der Waals surface area contributed by atoms with Gasteiger partial charge in [-0.15, -0.1) is 22.0 Å². The van der Waals surface area contributed by atoms with Crippen LogP contribution in [0, 0.1) is 5.82 Å². The molecule has 0 saturated carbocycles. The van der Waals surface area contributed by atoms with Crippen molar-refractivity contribution >= 4 is 40.6 Å². The van der Waals surface area contributed by atoms with Crippen LogP contribution in [-0.2, 0) is 15.3 Å². The number of carbonyl (C=O) groups excluding carboxylic acids is 2. The van der Waals surface area contributed by atoms with Crippen LogP contribution in [0.4, 0.5) is 10.1 Å². The Balaban J connectivity index is 1.31. The first-order valence-electron chi connectivity index (χ1n) is 9.64. The van der Waals surface area contributed by atoms with E-state index in [4.69, 9.17) is 4.74 Å². The molecule has 8 nitrogen and oxygen atoms in total. The van der Waals surface area contributed by atoms with Crippen LogP contribution >= 0.6 is 23.1 Å². The molecule has 0 spiro atoms. The fourth-order valence-electron chi connectivity index (χ4n) is 2.79. The summed E-state index contributed by atoms with van der Waals surface area (Å²) in [6.07, 6.45) is 0.913. The van der Waals surface area contributed by atoms with Crippen LogP contribution in [0.5, 0.6) is 0 Å². The molecule has 1 aliphatic rings. The van der Waals surface area contributed by atoms with Crippen molar-refractivity contribution in [2.45, 2.75) is 12.2 Å². The lowest BCUT2D eigenvalue weighted by molar-refractivity contribution is -0.118. The molecule has 0 unspecified atom stereocenters. The number of anilines is 1. The molecular weight excluding hydrogens is 429 g/mol. The average molecular weight is 454 g/mol. The predicted octanol–water partition coefficient (Wildman–Crippen LogP) is 2.00. The van der Waals surface area contributed by atoms with Crippen molar-refractivity contribution < 1.29 is 18.7 Å². The zero-order chi connectivity index (χ0) is 21.2. The first-order valence-corrected chi connectivity index (χ1v) is 11.6. The van der Waals surface area contributed by atoms with Crippen molar-refractivity contribution in [3.63, 3.8) is 0 Å². The Morgan fingerprint density at radius 2 is 2.10 bits per heavy atom. The number of benzene rings is 1. The number of hydrogen-bond donors (Lipinski definition) is 2. The lowest BCUT2D eigenvalue weighted by Gasteiger charge is -2.26. The Morgan fingerprint density at radius 1 is 1.27 bits per heavy atom. The van der Waals surface area contributed by atoms with E-state index >= 15 is 0 Å². The van der Waals surface area contributed by atoms with Gasteiger partial charge in [0.05, 0.1) is 19.0 Å². The molecule has 30 heavy (non-hydrogen) atoms. The van der Waals surface area contributed by atoms with Crippen molar-refractivity contribution in [1.29, 1.82) is 0 Å². The van der Waals surface area contributed by atoms with Crippen LogP contribution in [0.3, 0.4) is 0 Å². The van der Waals surface area contributed by atoms with Gasteiger partial charge < -0.3 is 15.4 Å². The SMILES string of the molecule is O=C(CSCc1nnc(C(=O)Nc2cccc(F)c2)s1)NCCCN1CCOCC1. The maximum Gasteiger partial charge on any atom is 0.286 e. The summed E-state index contributed by atoms with van der Waals surface area (Å²) in [5, 5.41) is 14.2. The van der Waals surface area contributed by atoms with Gasteiger partial charge in [0.2, 0.25) is 10.9 Å². The number of hydrogen-bond acceptors (Lipinski definition) is 8. The molecule has 2 aromatic rings. The molecule has 0 bridgehead atoms. The number of amides is 2. The minimum Gasteiger partial charge on any atom is -0.379 e. The molecule has 2 heterocycles. The number of morpholine rings is 1. The molecule has 0 aliphatic carbocycles. The van der Waals surface area contributed by atoms with Crippen molar-refractivity contribution in [2.75, 3.05) is 50.5 Å². The molecule has 0 atom stereocenters. The van der Waals surface area contributed by atoms with E-state index in [-0.39, 0.29) is 10.9 Å². The Bertz CT molecular complexity index is 845. The largest absolute Gasteiger partial charge is 0.379 e. The normalized spacial score (nSPS) is 14.4. The van der Waals surface area contributed by atoms with Gasteiger partial charge in [0.25, 0.3) is 5.91 Å². The topological polar surface area (TPSA) is 96.5 Å². The number of carbonyl (C=O) groups is 2. The molecule has 3 rings (SSSR count). The van der Waals surface area contributed by atoms with Crippen LogP contribution in [0.25, 0.3) is 0 Å². The third-order valence-electron chi connectivity index (χ3n) is 4.28. The quantitative estimate of drug-likeness (QED) is 0.531. The highest BCUT2D eigenvalue weighted by molar-refractivity contribution is 7.99. The van der Waals surface area contributed by atoms with Gasteiger partial charge >= 0.3 is 0 Å². The summed E-state index contributed by atoms with van der Waals surface area (Å²) >= 11 is 2.58. The summed E-state index contributed by atoms with van der Waals surface area (Å²) in [6.45, 7) is 5.08. The summed E-state index contributed by atoms with van der Waals surface area (Å²) in [4.78, 5) is 26.4. The predicted molar refractivity (Wildman–Crippen MR) is 115 cm³/mol. The molecule has 162 valence electrons. The van der Waals surface area contributed by atoms with Crippen LogP contribution in [0.2, 0.25) is 0 Å². The van der Waals surface area contributed by atoms with Crippen LogP contribution in [0.1, 0.15) is 21.2 Å². The fourth-order valence-corrected chi connectivity index (χ4v) is 4.43. The first kappa shape index (κ1) is 22.6. The molecule has 2 N–H and O–H groups in total. The van der Waals surface area contributed by atoms with E-state index in [2.05, 4.69) is 25.7 Å². The molecule has 2 amide bonds. The van der Waals surface area contributed by atoms with Crippen molar-refractivity contribution in [3.05, 3.63) is 40.1 Å². The van der Waals surface area contributed by atoms with Gasteiger partial charge in [0.15, 0.2) is 0 Å². The minimum absolute atomic E-state index is 0.0180. The van der Waals surface area contributed by atoms with E-state index < -0.39 is 11.7 Å². The number of thioether (sulfide) groups is 1. The number of halogens is 1. The lowest BCUT2D eigenvalue weighted by Crippen LogP contribution is -2.38. The van der Waals surface area contributed by atoms with Gasteiger partial charge in [-0.1, -0.05) is 17.4 Å². The molecule has 1 fully saturated rings.